The van der Waals surface area contributed by atoms with Crippen LogP contribution in [0.2, 0.25) is 5.02 Å². The summed E-state index contributed by atoms with van der Waals surface area (Å²) < 4.78 is 5.97. The highest BCUT2D eigenvalue weighted by molar-refractivity contribution is 6.31. The van der Waals surface area contributed by atoms with Gasteiger partial charge in [0.2, 0.25) is 5.89 Å². The van der Waals surface area contributed by atoms with Crippen LogP contribution in [0.5, 0.6) is 0 Å². The molecule has 6 nitrogen and oxygen atoms in total. The van der Waals surface area contributed by atoms with E-state index < -0.39 is 0 Å². The summed E-state index contributed by atoms with van der Waals surface area (Å²) in [6, 6.07) is 9.13. The highest BCUT2D eigenvalue weighted by atomic mass is 35.5. The summed E-state index contributed by atoms with van der Waals surface area (Å²) >= 11 is 6.23. The number of benzene rings is 1. The topological polar surface area (TPSA) is 72.1 Å². The fourth-order valence-electron chi connectivity index (χ4n) is 3.38. The molecule has 1 unspecified atom stereocenters. The van der Waals surface area contributed by atoms with Gasteiger partial charge < -0.3 is 9.32 Å². The summed E-state index contributed by atoms with van der Waals surface area (Å²) in [5.41, 5.74) is 1.38. The van der Waals surface area contributed by atoms with Gasteiger partial charge in [-0.25, -0.2) is 15.0 Å². The minimum Gasteiger partial charge on any atom is -0.443 e. The van der Waals surface area contributed by atoms with Gasteiger partial charge in [-0.15, -0.1) is 0 Å². The Morgan fingerprint density at radius 2 is 2.15 bits per heavy atom. The van der Waals surface area contributed by atoms with Crippen LogP contribution in [0.1, 0.15) is 52.4 Å². The molecule has 2 aromatic heterocycles. The summed E-state index contributed by atoms with van der Waals surface area (Å²) in [6.45, 7) is 2.43. The molecule has 1 aliphatic heterocycles. The Labute approximate surface area is 162 Å². The number of nitrogens with zero attached hydrogens (tertiary/aromatic N) is 4. The minimum absolute atomic E-state index is 0.117. The standard InChI is InChI=1S/C20H19ClN4O2/c1-13-22-9-8-17(24-13)20(26)25-10-4-7-18(25)19-23-12-15(27-19)11-14-5-2-3-6-16(14)21/h2-3,5-6,8-9,12,18H,4,7,10-11H2,1H3. The summed E-state index contributed by atoms with van der Waals surface area (Å²) in [7, 11) is 0. The molecule has 1 amide bonds. The first kappa shape index (κ1) is 17.7. The number of carbonyl (C=O) groups excluding carboxylic acids is 1. The molecule has 3 heterocycles. The average molecular weight is 383 g/mol. The predicted octanol–water partition coefficient (Wildman–Crippen LogP) is 3.99. The van der Waals surface area contributed by atoms with Gasteiger partial charge in [0.25, 0.3) is 5.91 Å². The van der Waals surface area contributed by atoms with Crippen molar-refractivity contribution in [2.45, 2.75) is 32.2 Å². The fourth-order valence-corrected chi connectivity index (χ4v) is 3.58. The van der Waals surface area contributed by atoms with Gasteiger partial charge >= 0.3 is 0 Å². The molecule has 27 heavy (non-hydrogen) atoms. The number of hydrogen-bond donors (Lipinski definition) is 0. The first-order valence-corrected chi connectivity index (χ1v) is 9.28. The number of carbonyl (C=O) groups is 1. The molecule has 1 atom stereocenters. The van der Waals surface area contributed by atoms with Crippen LogP contribution in [-0.2, 0) is 6.42 Å². The lowest BCUT2D eigenvalue weighted by molar-refractivity contribution is 0.0708. The second kappa shape index (κ2) is 7.48. The van der Waals surface area contributed by atoms with Gasteiger partial charge in [0.15, 0.2) is 0 Å². The molecule has 4 rings (SSSR count). The second-order valence-electron chi connectivity index (χ2n) is 6.58. The van der Waals surface area contributed by atoms with Crippen molar-refractivity contribution in [1.82, 2.24) is 19.9 Å². The molecule has 1 saturated heterocycles. The summed E-state index contributed by atoms with van der Waals surface area (Å²) in [6.07, 6.45) is 5.62. The van der Waals surface area contributed by atoms with Gasteiger partial charge in [0, 0.05) is 24.2 Å². The van der Waals surface area contributed by atoms with Gasteiger partial charge in [-0.2, -0.15) is 0 Å². The minimum atomic E-state index is -0.173. The van der Waals surface area contributed by atoms with Crippen LogP contribution in [-0.4, -0.2) is 32.3 Å². The van der Waals surface area contributed by atoms with E-state index in [2.05, 4.69) is 15.0 Å². The molecule has 7 heteroatoms. The fraction of sp³-hybridized carbons (Fsp3) is 0.300. The van der Waals surface area contributed by atoms with E-state index in [0.29, 0.717) is 35.4 Å². The van der Waals surface area contributed by atoms with Crippen molar-refractivity contribution in [2.75, 3.05) is 6.54 Å². The van der Waals surface area contributed by atoms with Gasteiger partial charge in [-0.1, -0.05) is 29.8 Å². The molecule has 138 valence electrons. The van der Waals surface area contributed by atoms with Crippen LogP contribution in [0.25, 0.3) is 0 Å². The number of oxazole rings is 1. The molecule has 1 aromatic carbocycles. The maximum Gasteiger partial charge on any atom is 0.273 e. The van der Waals surface area contributed by atoms with Crippen molar-refractivity contribution in [3.63, 3.8) is 0 Å². The van der Waals surface area contributed by atoms with Crippen molar-refractivity contribution in [3.05, 3.63) is 76.5 Å². The van der Waals surface area contributed by atoms with Gasteiger partial charge in [-0.05, 0) is 37.5 Å². The smallest absolute Gasteiger partial charge is 0.273 e. The van der Waals surface area contributed by atoms with E-state index in [1.165, 1.54) is 0 Å². The van der Waals surface area contributed by atoms with E-state index in [4.69, 9.17) is 16.0 Å². The highest BCUT2D eigenvalue weighted by Crippen LogP contribution is 2.33. The lowest BCUT2D eigenvalue weighted by Crippen LogP contribution is -2.31. The molecular weight excluding hydrogens is 364 g/mol. The van der Waals surface area contributed by atoms with Crippen LogP contribution < -0.4 is 0 Å². The van der Waals surface area contributed by atoms with E-state index in [1.54, 1.807) is 30.3 Å². The molecule has 0 N–H and O–H groups in total. The lowest BCUT2D eigenvalue weighted by atomic mass is 10.1. The summed E-state index contributed by atoms with van der Waals surface area (Å²) in [4.78, 5) is 27.4. The molecule has 0 spiro atoms. The van der Waals surface area contributed by atoms with E-state index in [9.17, 15) is 4.79 Å². The molecule has 1 aliphatic rings. The molecule has 0 bridgehead atoms. The van der Waals surface area contributed by atoms with Crippen LogP contribution in [0.15, 0.2) is 47.1 Å². The lowest BCUT2D eigenvalue weighted by Gasteiger charge is -2.21. The largest absolute Gasteiger partial charge is 0.443 e. The normalized spacial score (nSPS) is 16.7. The Kier molecular flexibility index (Phi) is 4.90. The molecule has 0 aliphatic carbocycles. The molecule has 0 saturated carbocycles. The zero-order chi connectivity index (χ0) is 18.8. The van der Waals surface area contributed by atoms with Crippen molar-refractivity contribution in [1.29, 1.82) is 0 Å². The molecular formula is C20H19ClN4O2. The third-order valence-corrected chi connectivity index (χ3v) is 5.06. The Bertz CT molecular complexity index is 972. The number of hydrogen-bond acceptors (Lipinski definition) is 5. The number of likely N-dealkylation sites (tertiary alicyclic amines) is 1. The van der Waals surface area contributed by atoms with E-state index in [-0.39, 0.29) is 11.9 Å². The van der Waals surface area contributed by atoms with Crippen LogP contribution in [0.3, 0.4) is 0 Å². The Morgan fingerprint density at radius 3 is 2.96 bits per heavy atom. The van der Waals surface area contributed by atoms with E-state index in [1.807, 2.05) is 24.3 Å². The highest BCUT2D eigenvalue weighted by Gasteiger charge is 2.34. The van der Waals surface area contributed by atoms with E-state index >= 15 is 0 Å². The second-order valence-corrected chi connectivity index (χ2v) is 6.99. The maximum atomic E-state index is 12.9. The van der Waals surface area contributed by atoms with Crippen molar-refractivity contribution >= 4 is 17.5 Å². The number of aryl methyl sites for hydroxylation is 1. The summed E-state index contributed by atoms with van der Waals surface area (Å²) in [5, 5.41) is 0.701. The molecule has 3 aromatic rings. The van der Waals surface area contributed by atoms with Crippen molar-refractivity contribution in [2.24, 2.45) is 0 Å². The Balaban J connectivity index is 1.53. The Morgan fingerprint density at radius 1 is 1.30 bits per heavy atom. The predicted molar refractivity (Wildman–Crippen MR) is 101 cm³/mol. The third kappa shape index (κ3) is 3.71. The quantitative estimate of drug-likeness (QED) is 0.682. The van der Waals surface area contributed by atoms with Gasteiger partial charge in [-0.3, -0.25) is 4.79 Å². The van der Waals surface area contributed by atoms with E-state index in [0.717, 1.165) is 24.2 Å². The number of halogens is 1. The van der Waals surface area contributed by atoms with Crippen LogP contribution >= 0.6 is 11.6 Å². The monoisotopic (exact) mass is 382 g/mol. The third-order valence-electron chi connectivity index (χ3n) is 4.69. The number of rotatable bonds is 4. The first-order chi connectivity index (χ1) is 13.1. The number of aromatic nitrogens is 3. The average Bonchev–Trinajstić information content (AvgIpc) is 3.32. The summed E-state index contributed by atoms with van der Waals surface area (Å²) in [5.74, 6) is 1.76. The first-order valence-electron chi connectivity index (χ1n) is 8.90. The zero-order valence-corrected chi connectivity index (χ0v) is 15.7. The number of amides is 1. The molecule has 1 fully saturated rings. The van der Waals surface area contributed by atoms with Crippen molar-refractivity contribution < 1.29 is 9.21 Å². The van der Waals surface area contributed by atoms with Crippen LogP contribution in [0, 0.1) is 6.92 Å². The zero-order valence-electron chi connectivity index (χ0n) is 14.9. The van der Waals surface area contributed by atoms with Gasteiger partial charge in [0.1, 0.15) is 23.3 Å². The van der Waals surface area contributed by atoms with Crippen LogP contribution in [0.4, 0.5) is 0 Å². The maximum absolute atomic E-state index is 12.9. The SMILES string of the molecule is Cc1nccc(C(=O)N2CCCC2c2ncc(Cc3ccccc3Cl)o2)n1. The Hall–Kier alpha value is -2.73. The molecule has 0 radical (unpaired) electrons. The van der Waals surface area contributed by atoms with Gasteiger partial charge in [0.05, 0.1) is 6.20 Å². The van der Waals surface area contributed by atoms with Crippen molar-refractivity contribution in [3.8, 4) is 0 Å².